The van der Waals surface area contributed by atoms with E-state index in [1.807, 2.05) is 13.8 Å². The number of rotatable bonds is 4. The lowest BCUT2D eigenvalue weighted by molar-refractivity contribution is -0.118. The van der Waals surface area contributed by atoms with Gasteiger partial charge in [-0.2, -0.15) is 0 Å². The molecule has 0 aliphatic carbocycles. The largest absolute Gasteiger partial charge is 0.366 e. The Balaban J connectivity index is 2.89. The number of hydrogen-bond donors (Lipinski definition) is 3. The molecule has 0 spiro atoms. The average Bonchev–Trinajstić information content (AvgIpc) is 2.29. The average molecular weight is 253 g/mol. The molecule has 0 saturated carbocycles. The van der Waals surface area contributed by atoms with Gasteiger partial charge in [-0.05, 0) is 24.1 Å². The molecule has 0 bridgehead atoms. The van der Waals surface area contributed by atoms with Crippen LogP contribution in [0.2, 0.25) is 0 Å². The zero-order valence-electron chi connectivity index (χ0n) is 10.2. The van der Waals surface area contributed by atoms with Crippen LogP contribution >= 0.6 is 0 Å². The van der Waals surface area contributed by atoms with Crippen LogP contribution in [0.3, 0.4) is 0 Å². The fourth-order valence-corrected chi connectivity index (χ4v) is 1.32. The summed E-state index contributed by atoms with van der Waals surface area (Å²) in [6, 6.07) is 2.92. The minimum atomic E-state index is -0.892. The van der Waals surface area contributed by atoms with Crippen LogP contribution in [0, 0.1) is 11.7 Å². The first-order valence-corrected chi connectivity index (χ1v) is 5.48. The Morgan fingerprint density at radius 1 is 1.33 bits per heavy atom. The van der Waals surface area contributed by atoms with E-state index in [2.05, 4.69) is 5.32 Å². The van der Waals surface area contributed by atoms with Crippen LogP contribution < -0.4 is 16.8 Å². The van der Waals surface area contributed by atoms with E-state index in [0.29, 0.717) is 0 Å². The Hall–Kier alpha value is -1.95. The van der Waals surface area contributed by atoms with E-state index in [9.17, 15) is 14.0 Å². The predicted octanol–water partition coefficient (Wildman–Crippen LogP) is 0.846. The molecule has 5 nitrogen and oxygen atoms in total. The summed E-state index contributed by atoms with van der Waals surface area (Å²) in [5, 5.41) is 2.51. The molecule has 1 aromatic carbocycles. The van der Waals surface area contributed by atoms with Crippen molar-refractivity contribution >= 4 is 17.5 Å². The number of hydrogen-bond acceptors (Lipinski definition) is 3. The molecule has 6 heteroatoms. The number of halogens is 1. The zero-order valence-corrected chi connectivity index (χ0v) is 10.2. The molecule has 1 rings (SSSR count). The number of carbonyl (C=O) groups is 2. The Labute approximate surface area is 104 Å². The standard InChI is InChI=1S/C12H16FN3O2/c1-6(2)10(14)12(18)16-7-3-4-9(13)8(5-7)11(15)17/h3-6,10H,14H2,1-2H3,(H2,15,17)(H,16,18)/t10-/m0/s1. The van der Waals surface area contributed by atoms with Gasteiger partial charge in [-0.25, -0.2) is 4.39 Å². The second-order valence-corrected chi connectivity index (χ2v) is 4.32. The Morgan fingerprint density at radius 3 is 2.44 bits per heavy atom. The van der Waals surface area contributed by atoms with E-state index >= 15 is 0 Å². The number of benzene rings is 1. The van der Waals surface area contributed by atoms with Crippen molar-refractivity contribution in [2.24, 2.45) is 17.4 Å². The maximum absolute atomic E-state index is 13.2. The summed E-state index contributed by atoms with van der Waals surface area (Å²) in [6.07, 6.45) is 0. The van der Waals surface area contributed by atoms with Crippen LogP contribution in [0.25, 0.3) is 0 Å². The molecule has 1 aromatic rings. The summed E-state index contributed by atoms with van der Waals surface area (Å²) < 4.78 is 13.2. The number of anilines is 1. The molecule has 0 aliphatic rings. The number of primary amides is 1. The van der Waals surface area contributed by atoms with Crippen molar-refractivity contribution in [1.82, 2.24) is 0 Å². The first-order valence-electron chi connectivity index (χ1n) is 5.48. The van der Waals surface area contributed by atoms with E-state index in [1.165, 1.54) is 12.1 Å². The van der Waals surface area contributed by atoms with Gasteiger partial charge in [0.1, 0.15) is 5.82 Å². The van der Waals surface area contributed by atoms with E-state index in [1.54, 1.807) is 0 Å². The van der Waals surface area contributed by atoms with Gasteiger partial charge in [-0.1, -0.05) is 13.8 Å². The van der Waals surface area contributed by atoms with Crippen molar-refractivity contribution in [2.45, 2.75) is 19.9 Å². The maximum atomic E-state index is 13.2. The molecule has 98 valence electrons. The van der Waals surface area contributed by atoms with Gasteiger partial charge in [0, 0.05) is 5.69 Å². The van der Waals surface area contributed by atoms with Gasteiger partial charge in [-0.3, -0.25) is 9.59 Å². The van der Waals surface area contributed by atoms with Gasteiger partial charge in [-0.15, -0.1) is 0 Å². The van der Waals surface area contributed by atoms with Crippen LogP contribution in [-0.4, -0.2) is 17.9 Å². The molecule has 0 radical (unpaired) electrons. The molecule has 0 saturated heterocycles. The van der Waals surface area contributed by atoms with Gasteiger partial charge in [0.15, 0.2) is 0 Å². The quantitative estimate of drug-likeness (QED) is 0.741. The van der Waals surface area contributed by atoms with Crippen molar-refractivity contribution in [2.75, 3.05) is 5.32 Å². The highest BCUT2D eigenvalue weighted by molar-refractivity contribution is 5.98. The Bertz CT molecular complexity index is 474. The van der Waals surface area contributed by atoms with Crippen LogP contribution in [0.15, 0.2) is 18.2 Å². The minimum absolute atomic E-state index is 0.0268. The fraction of sp³-hybridized carbons (Fsp3) is 0.333. The van der Waals surface area contributed by atoms with Crippen molar-refractivity contribution in [1.29, 1.82) is 0 Å². The van der Waals surface area contributed by atoms with Gasteiger partial charge < -0.3 is 16.8 Å². The molecule has 1 atom stereocenters. The van der Waals surface area contributed by atoms with Crippen LogP contribution in [0.1, 0.15) is 24.2 Å². The van der Waals surface area contributed by atoms with Gasteiger partial charge in [0.2, 0.25) is 5.91 Å². The van der Waals surface area contributed by atoms with Crippen molar-refractivity contribution in [3.8, 4) is 0 Å². The summed E-state index contributed by atoms with van der Waals surface area (Å²) in [6.45, 7) is 3.62. The molecular weight excluding hydrogens is 237 g/mol. The summed E-state index contributed by atoms with van der Waals surface area (Å²) in [7, 11) is 0. The normalized spacial score (nSPS) is 12.3. The van der Waals surface area contributed by atoms with Crippen molar-refractivity contribution in [3.63, 3.8) is 0 Å². The van der Waals surface area contributed by atoms with Crippen molar-refractivity contribution < 1.29 is 14.0 Å². The third-order valence-electron chi connectivity index (χ3n) is 2.52. The van der Waals surface area contributed by atoms with E-state index in [4.69, 9.17) is 11.5 Å². The summed E-state index contributed by atoms with van der Waals surface area (Å²) in [5.41, 5.74) is 10.7. The first-order chi connectivity index (χ1) is 8.32. The van der Waals surface area contributed by atoms with Gasteiger partial charge in [0.25, 0.3) is 5.91 Å². The predicted molar refractivity (Wildman–Crippen MR) is 66.4 cm³/mol. The Kier molecular flexibility index (Phi) is 4.38. The molecule has 5 N–H and O–H groups in total. The minimum Gasteiger partial charge on any atom is -0.366 e. The summed E-state index contributed by atoms with van der Waals surface area (Å²) in [5.74, 6) is -2.04. The lowest BCUT2D eigenvalue weighted by Crippen LogP contribution is -2.39. The second kappa shape index (κ2) is 5.59. The number of carbonyl (C=O) groups excluding carboxylic acids is 2. The third-order valence-corrected chi connectivity index (χ3v) is 2.52. The smallest absolute Gasteiger partial charge is 0.251 e. The van der Waals surface area contributed by atoms with Crippen molar-refractivity contribution in [3.05, 3.63) is 29.6 Å². The molecule has 0 aliphatic heterocycles. The first kappa shape index (κ1) is 14.1. The van der Waals surface area contributed by atoms with Crippen LogP contribution in [0.5, 0.6) is 0 Å². The third kappa shape index (κ3) is 3.27. The highest BCUT2D eigenvalue weighted by atomic mass is 19.1. The highest BCUT2D eigenvalue weighted by Gasteiger charge is 2.18. The van der Waals surface area contributed by atoms with E-state index < -0.39 is 23.7 Å². The fourth-order valence-electron chi connectivity index (χ4n) is 1.32. The SMILES string of the molecule is CC(C)[C@H](N)C(=O)Nc1ccc(F)c(C(N)=O)c1. The number of nitrogens with one attached hydrogen (secondary N) is 1. The molecule has 18 heavy (non-hydrogen) atoms. The monoisotopic (exact) mass is 253 g/mol. The van der Waals surface area contributed by atoms with Crippen LogP contribution in [-0.2, 0) is 4.79 Å². The molecule has 0 fully saturated rings. The zero-order chi connectivity index (χ0) is 13.9. The number of nitrogens with two attached hydrogens (primary N) is 2. The van der Waals surface area contributed by atoms with E-state index in [-0.39, 0.29) is 17.2 Å². The lowest BCUT2D eigenvalue weighted by Gasteiger charge is -2.15. The van der Waals surface area contributed by atoms with Gasteiger partial charge in [0.05, 0.1) is 11.6 Å². The van der Waals surface area contributed by atoms with Crippen LogP contribution in [0.4, 0.5) is 10.1 Å². The molecule has 0 unspecified atom stereocenters. The number of amides is 2. The summed E-state index contributed by atoms with van der Waals surface area (Å²) in [4.78, 5) is 22.6. The molecule has 2 amide bonds. The topological polar surface area (TPSA) is 98.2 Å². The molecule has 0 heterocycles. The highest BCUT2D eigenvalue weighted by Crippen LogP contribution is 2.15. The summed E-state index contributed by atoms with van der Waals surface area (Å²) >= 11 is 0. The maximum Gasteiger partial charge on any atom is 0.251 e. The molecule has 0 aromatic heterocycles. The second-order valence-electron chi connectivity index (χ2n) is 4.32. The Morgan fingerprint density at radius 2 is 1.94 bits per heavy atom. The molecular formula is C12H16FN3O2. The lowest BCUT2D eigenvalue weighted by atomic mass is 10.0. The van der Waals surface area contributed by atoms with E-state index in [0.717, 1.165) is 6.07 Å². The van der Waals surface area contributed by atoms with Gasteiger partial charge >= 0.3 is 0 Å².